The van der Waals surface area contributed by atoms with Crippen molar-refractivity contribution in [3.63, 3.8) is 0 Å². The van der Waals surface area contributed by atoms with Crippen molar-refractivity contribution in [2.75, 3.05) is 21.3 Å². The molecule has 1 heterocycles. The molecule has 6 nitrogen and oxygen atoms in total. The Bertz CT molecular complexity index is 925. The molecule has 0 fully saturated rings. The molecule has 3 rings (SSSR count). The smallest absolute Gasteiger partial charge is 0.208 e. The average molecular weight is 302 g/mol. The van der Waals surface area contributed by atoms with E-state index < -0.39 is 5.43 Å². The molecule has 2 aromatic carbocycles. The monoisotopic (exact) mass is 302 g/mol. The van der Waals surface area contributed by atoms with Crippen LogP contribution >= 0.6 is 0 Å². The van der Waals surface area contributed by atoms with Crippen LogP contribution in [0.1, 0.15) is 0 Å². The summed E-state index contributed by atoms with van der Waals surface area (Å²) >= 11 is 0. The van der Waals surface area contributed by atoms with E-state index in [4.69, 9.17) is 18.6 Å². The minimum Gasteiger partial charge on any atom is -0.507 e. The van der Waals surface area contributed by atoms with Crippen LogP contribution in [0.2, 0.25) is 0 Å². The van der Waals surface area contributed by atoms with Gasteiger partial charge in [0.15, 0.2) is 11.3 Å². The summed E-state index contributed by atoms with van der Waals surface area (Å²) in [5.41, 5.74) is 0.0695. The second-order valence-corrected chi connectivity index (χ2v) is 4.60. The highest BCUT2D eigenvalue weighted by Gasteiger charge is 2.22. The van der Waals surface area contributed by atoms with Gasteiger partial charge in [-0.15, -0.1) is 0 Å². The summed E-state index contributed by atoms with van der Waals surface area (Å²) in [6.07, 6.45) is 0. The molecule has 6 heteroatoms. The molecule has 0 radical (unpaired) electrons. The molecule has 0 amide bonds. The number of hydrogen-bond donors (Lipinski definition) is 1. The van der Waals surface area contributed by atoms with Gasteiger partial charge in [-0.2, -0.15) is 0 Å². The second kappa shape index (κ2) is 5.14. The van der Waals surface area contributed by atoms with Gasteiger partial charge in [-0.1, -0.05) is 6.07 Å². The van der Waals surface area contributed by atoms with Gasteiger partial charge in [0.2, 0.25) is 11.2 Å². The Hall–Kier alpha value is -2.89. The number of ether oxygens (including phenoxy) is 3. The summed E-state index contributed by atoms with van der Waals surface area (Å²) in [4.78, 5) is 12.8. The van der Waals surface area contributed by atoms with E-state index >= 15 is 0 Å². The fraction of sp³-hybridized carbons (Fsp3) is 0.188. The predicted octanol–water partition coefficient (Wildman–Crippen LogP) is 2.68. The van der Waals surface area contributed by atoms with Crippen LogP contribution in [0.3, 0.4) is 0 Å². The molecule has 0 saturated carbocycles. The molecule has 0 spiro atoms. The third-order valence-corrected chi connectivity index (χ3v) is 3.48. The minimum atomic E-state index is -0.396. The maximum atomic E-state index is 12.8. The highest BCUT2D eigenvalue weighted by Crippen LogP contribution is 2.41. The molecule has 0 saturated heterocycles. The van der Waals surface area contributed by atoms with Gasteiger partial charge in [-0.25, -0.2) is 0 Å². The van der Waals surface area contributed by atoms with E-state index in [0.29, 0.717) is 11.5 Å². The lowest BCUT2D eigenvalue weighted by Crippen LogP contribution is -2.06. The zero-order valence-electron chi connectivity index (χ0n) is 12.3. The van der Waals surface area contributed by atoms with Crippen molar-refractivity contribution in [1.82, 2.24) is 0 Å². The zero-order valence-corrected chi connectivity index (χ0v) is 12.3. The van der Waals surface area contributed by atoms with Gasteiger partial charge < -0.3 is 23.7 Å². The Morgan fingerprint density at radius 3 is 2.36 bits per heavy atom. The summed E-state index contributed by atoms with van der Waals surface area (Å²) < 4.78 is 21.6. The number of phenols is 1. The first-order chi connectivity index (χ1) is 10.6. The SMILES string of the molecule is COc1cc(OC)c2c(=O)c3c(O)cccc3oc2c1OC. The number of aromatic hydroxyl groups is 1. The predicted molar refractivity (Wildman–Crippen MR) is 81.3 cm³/mol. The Kier molecular flexibility index (Phi) is 3.29. The van der Waals surface area contributed by atoms with E-state index in [-0.39, 0.29) is 33.4 Å². The molecule has 114 valence electrons. The molecule has 0 aliphatic heterocycles. The lowest BCUT2D eigenvalue weighted by molar-refractivity contribution is 0.349. The van der Waals surface area contributed by atoms with Gasteiger partial charge in [0.25, 0.3) is 0 Å². The van der Waals surface area contributed by atoms with Crippen molar-refractivity contribution < 1.29 is 23.7 Å². The highest BCUT2D eigenvalue weighted by atomic mass is 16.5. The van der Waals surface area contributed by atoms with E-state index in [1.54, 1.807) is 18.2 Å². The van der Waals surface area contributed by atoms with Crippen molar-refractivity contribution in [2.24, 2.45) is 0 Å². The molecule has 0 aliphatic carbocycles. The molecule has 1 N–H and O–H groups in total. The van der Waals surface area contributed by atoms with Crippen LogP contribution in [0, 0.1) is 0 Å². The molecule has 1 aromatic heterocycles. The highest BCUT2D eigenvalue weighted by molar-refractivity contribution is 5.99. The van der Waals surface area contributed by atoms with Crippen LogP contribution in [-0.4, -0.2) is 26.4 Å². The minimum absolute atomic E-state index is 0.0977. The fourth-order valence-corrected chi connectivity index (χ4v) is 2.48. The Morgan fingerprint density at radius 1 is 1.00 bits per heavy atom. The summed E-state index contributed by atoms with van der Waals surface area (Å²) in [5.74, 6) is 0.812. The fourth-order valence-electron chi connectivity index (χ4n) is 2.48. The van der Waals surface area contributed by atoms with Crippen molar-refractivity contribution in [2.45, 2.75) is 0 Å². The van der Waals surface area contributed by atoms with Crippen molar-refractivity contribution in [3.05, 3.63) is 34.5 Å². The topological polar surface area (TPSA) is 78.1 Å². The van der Waals surface area contributed by atoms with Gasteiger partial charge in [-0.3, -0.25) is 4.79 Å². The van der Waals surface area contributed by atoms with Crippen LogP contribution in [0.4, 0.5) is 0 Å². The van der Waals surface area contributed by atoms with Gasteiger partial charge in [0, 0.05) is 6.07 Å². The van der Waals surface area contributed by atoms with Crippen LogP contribution in [0.15, 0.2) is 33.5 Å². The van der Waals surface area contributed by atoms with Crippen molar-refractivity contribution in [3.8, 4) is 23.0 Å². The standard InChI is InChI=1S/C16H14O6/c1-19-10-7-11(20-2)15(21-3)16-13(10)14(18)12-8(17)5-4-6-9(12)22-16/h4-7,17H,1-3H3. The molecular weight excluding hydrogens is 288 g/mol. The third-order valence-electron chi connectivity index (χ3n) is 3.48. The molecule has 0 bridgehead atoms. The van der Waals surface area contributed by atoms with E-state index in [1.807, 2.05) is 0 Å². The molecule has 3 aromatic rings. The van der Waals surface area contributed by atoms with Crippen LogP contribution in [0.5, 0.6) is 23.0 Å². The van der Waals surface area contributed by atoms with E-state index in [1.165, 1.54) is 27.4 Å². The van der Waals surface area contributed by atoms with Crippen LogP contribution in [-0.2, 0) is 0 Å². The number of fused-ring (bicyclic) bond motifs is 2. The van der Waals surface area contributed by atoms with Crippen molar-refractivity contribution in [1.29, 1.82) is 0 Å². The number of benzene rings is 2. The maximum Gasteiger partial charge on any atom is 0.208 e. The Balaban J connectivity index is 2.62. The lowest BCUT2D eigenvalue weighted by Gasteiger charge is -2.13. The van der Waals surface area contributed by atoms with Gasteiger partial charge in [0.1, 0.15) is 27.9 Å². The summed E-state index contributed by atoms with van der Waals surface area (Å²) in [7, 11) is 4.37. The number of methoxy groups -OCH3 is 3. The summed E-state index contributed by atoms with van der Waals surface area (Å²) in [6.45, 7) is 0. The molecular formula is C16H14O6. The van der Waals surface area contributed by atoms with Crippen LogP contribution < -0.4 is 19.6 Å². The van der Waals surface area contributed by atoms with Gasteiger partial charge in [0.05, 0.1) is 21.3 Å². The summed E-state index contributed by atoms with van der Waals surface area (Å²) in [6, 6.07) is 6.17. The molecule has 22 heavy (non-hydrogen) atoms. The molecule has 0 aliphatic rings. The van der Waals surface area contributed by atoms with E-state index in [0.717, 1.165) is 0 Å². The number of hydrogen-bond acceptors (Lipinski definition) is 6. The zero-order chi connectivity index (χ0) is 15.9. The second-order valence-electron chi connectivity index (χ2n) is 4.60. The van der Waals surface area contributed by atoms with Gasteiger partial charge in [-0.05, 0) is 12.1 Å². The maximum absolute atomic E-state index is 12.8. The van der Waals surface area contributed by atoms with Crippen LogP contribution in [0.25, 0.3) is 21.9 Å². The first-order valence-electron chi connectivity index (χ1n) is 6.49. The number of rotatable bonds is 3. The first-order valence-corrected chi connectivity index (χ1v) is 6.49. The normalized spacial score (nSPS) is 10.9. The molecule has 0 atom stereocenters. The van der Waals surface area contributed by atoms with E-state index in [9.17, 15) is 9.90 Å². The quantitative estimate of drug-likeness (QED) is 0.749. The Labute approximate surface area is 125 Å². The van der Waals surface area contributed by atoms with Crippen molar-refractivity contribution >= 4 is 21.9 Å². The Morgan fingerprint density at radius 2 is 1.73 bits per heavy atom. The van der Waals surface area contributed by atoms with E-state index in [2.05, 4.69) is 0 Å². The average Bonchev–Trinajstić information content (AvgIpc) is 2.53. The third kappa shape index (κ3) is 1.84. The summed E-state index contributed by atoms with van der Waals surface area (Å²) in [5, 5.41) is 10.2. The number of phenolic OH excluding ortho intramolecular Hbond substituents is 1. The first kappa shape index (κ1) is 14.1. The largest absolute Gasteiger partial charge is 0.507 e. The molecule has 0 unspecified atom stereocenters. The van der Waals surface area contributed by atoms with Gasteiger partial charge >= 0.3 is 0 Å². The lowest BCUT2D eigenvalue weighted by atomic mass is 10.1.